The first kappa shape index (κ1) is 15.3. The van der Waals surface area contributed by atoms with Crippen LogP contribution in [-0.2, 0) is 4.74 Å². The zero-order chi connectivity index (χ0) is 15.6. The molecule has 4 nitrogen and oxygen atoms in total. The first-order chi connectivity index (χ1) is 9.92. The molecule has 21 heavy (non-hydrogen) atoms. The van der Waals surface area contributed by atoms with Crippen LogP contribution in [0.15, 0.2) is 34.8 Å². The van der Waals surface area contributed by atoms with Crippen LogP contribution in [0.25, 0.3) is 0 Å². The Bertz CT molecular complexity index is 704. The van der Waals surface area contributed by atoms with Crippen molar-refractivity contribution in [3.05, 3.63) is 51.7 Å². The van der Waals surface area contributed by atoms with Crippen LogP contribution >= 0.6 is 15.9 Å². The van der Waals surface area contributed by atoms with Crippen LogP contribution in [0.5, 0.6) is 11.5 Å². The van der Waals surface area contributed by atoms with E-state index in [0.29, 0.717) is 27.2 Å². The number of anilines is 1. The van der Waals surface area contributed by atoms with Gasteiger partial charge in [0.15, 0.2) is 0 Å². The van der Waals surface area contributed by atoms with Crippen LogP contribution in [-0.4, -0.2) is 13.1 Å². The molecule has 110 valence electrons. The molecule has 0 heterocycles. The Balaban J connectivity index is 2.38. The van der Waals surface area contributed by atoms with E-state index >= 15 is 0 Å². The lowest BCUT2D eigenvalue weighted by atomic mass is 10.1. The lowest BCUT2D eigenvalue weighted by Gasteiger charge is -2.12. The van der Waals surface area contributed by atoms with E-state index in [0.717, 1.165) is 0 Å². The van der Waals surface area contributed by atoms with Gasteiger partial charge >= 0.3 is 5.97 Å². The van der Waals surface area contributed by atoms with Gasteiger partial charge in [0.05, 0.1) is 17.1 Å². The van der Waals surface area contributed by atoms with Crippen LogP contribution in [0.4, 0.5) is 10.1 Å². The lowest BCUT2D eigenvalue weighted by molar-refractivity contribution is 0.0601. The molecule has 2 aromatic rings. The number of rotatable bonds is 3. The van der Waals surface area contributed by atoms with Crippen LogP contribution in [0.3, 0.4) is 0 Å². The van der Waals surface area contributed by atoms with Gasteiger partial charge in [-0.25, -0.2) is 9.18 Å². The number of halogens is 2. The van der Waals surface area contributed by atoms with E-state index in [1.807, 2.05) is 0 Å². The highest BCUT2D eigenvalue weighted by molar-refractivity contribution is 9.10. The molecule has 2 N–H and O–H groups in total. The third-order valence-corrected chi connectivity index (χ3v) is 3.50. The number of ether oxygens (including phenoxy) is 2. The molecular weight excluding hydrogens is 341 g/mol. The minimum atomic E-state index is -0.540. The molecular formula is C15H13BrFNO3. The summed E-state index contributed by atoms with van der Waals surface area (Å²) >= 11 is 3.09. The molecule has 0 aliphatic carbocycles. The highest BCUT2D eigenvalue weighted by Crippen LogP contribution is 2.30. The van der Waals surface area contributed by atoms with Crippen LogP contribution in [0.2, 0.25) is 0 Å². The molecule has 6 heteroatoms. The van der Waals surface area contributed by atoms with Gasteiger partial charge in [0, 0.05) is 5.69 Å². The van der Waals surface area contributed by atoms with Crippen molar-refractivity contribution in [2.24, 2.45) is 0 Å². The van der Waals surface area contributed by atoms with E-state index in [2.05, 4.69) is 20.7 Å². The van der Waals surface area contributed by atoms with Crippen molar-refractivity contribution in [3.63, 3.8) is 0 Å². The molecule has 0 aromatic heterocycles. The molecule has 0 bridgehead atoms. The van der Waals surface area contributed by atoms with Gasteiger partial charge in [-0.05, 0) is 58.7 Å². The van der Waals surface area contributed by atoms with Gasteiger partial charge in [0.1, 0.15) is 17.3 Å². The predicted molar refractivity (Wildman–Crippen MR) is 81.1 cm³/mol. The molecule has 0 saturated heterocycles. The molecule has 2 rings (SSSR count). The van der Waals surface area contributed by atoms with Gasteiger partial charge in [-0.2, -0.15) is 0 Å². The van der Waals surface area contributed by atoms with Gasteiger partial charge in [0.25, 0.3) is 0 Å². The molecule has 0 fully saturated rings. The van der Waals surface area contributed by atoms with Crippen molar-refractivity contribution in [1.29, 1.82) is 0 Å². The summed E-state index contributed by atoms with van der Waals surface area (Å²) in [6, 6.07) is 7.46. The summed E-state index contributed by atoms with van der Waals surface area (Å²) < 4.78 is 23.8. The topological polar surface area (TPSA) is 61.5 Å². The summed E-state index contributed by atoms with van der Waals surface area (Å²) in [5, 5.41) is 0. The first-order valence-corrected chi connectivity index (χ1v) is 6.83. The van der Waals surface area contributed by atoms with E-state index in [-0.39, 0.29) is 11.4 Å². The Morgan fingerprint density at radius 2 is 1.95 bits per heavy atom. The van der Waals surface area contributed by atoms with Gasteiger partial charge in [-0.15, -0.1) is 0 Å². The molecule has 0 aliphatic heterocycles. The summed E-state index contributed by atoms with van der Waals surface area (Å²) in [5.74, 6) is -0.0729. The van der Waals surface area contributed by atoms with Crippen molar-refractivity contribution in [2.45, 2.75) is 6.92 Å². The number of benzene rings is 2. The fraction of sp³-hybridized carbons (Fsp3) is 0.133. The Hall–Kier alpha value is -2.08. The number of esters is 1. The Morgan fingerprint density at radius 1 is 1.24 bits per heavy atom. The van der Waals surface area contributed by atoms with E-state index in [9.17, 15) is 9.18 Å². The molecule has 0 aliphatic rings. The number of methoxy groups -OCH3 is 1. The van der Waals surface area contributed by atoms with Crippen LogP contribution in [0.1, 0.15) is 15.9 Å². The first-order valence-electron chi connectivity index (χ1n) is 6.03. The van der Waals surface area contributed by atoms with Gasteiger partial charge in [0.2, 0.25) is 0 Å². The number of nitrogen functional groups attached to an aromatic ring is 1. The lowest BCUT2D eigenvalue weighted by Crippen LogP contribution is -2.07. The number of hydrogen-bond donors (Lipinski definition) is 1. The minimum absolute atomic E-state index is 0.230. The number of hydrogen-bond acceptors (Lipinski definition) is 4. The molecule has 0 saturated carbocycles. The third kappa shape index (κ3) is 3.33. The summed E-state index contributed by atoms with van der Waals surface area (Å²) in [6.07, 6.45) is 0. The van der Waals surface area contributed by atoms with Crippen LogP contribution in [0, 0.1) is 12.7 Å². The molecule has 0 spiro atoms. The molecule has 0 radical (unpaired) electrons. The smallest absolute Gasteiger partial charge is 0.340 e. The van der Waals surface area contributed by atoms with Crippen molar-refractivity contribution in [2.75, 3.05) is 12.8 Å². The normalized spacial score (nSPS) is 10.3. The average molecular weight is 354 g/mol. The zero-order valence-corrected chi connectivity index (χ0v) is 13.0. The Labute approximate surface area is 129 Å². The highest BCUT2D eigenvalue weighted by atomic mass is 79.9. The van der Waals surface area contributed by atoms with E-state index in [1.165, 1.54) is 31.4 Å². The van der Waals surface area contributed by atoms with Gasteiger partial charge in [-0.3, -0.25) is 0 Å². The Kier molecular flexibility index (Phi) is 4.47. The second-order valence-corrected chi connectivity index (χ2v) is 5.23. The highest BCUT2D eigenvalue weighted by Gasteiger charge is 2.14. The number of aryl methyl sites for hydroxylation is 1. The largest absolute Gasteiger partial charge is 0.465 e. The molecule has 2 aromatic carbocycles. The average Bonchev–Trinajstić information content (AvgIpc) is 2.45. The maximum atomic E-state index is 13.2. The number of nitrogens with two attached hydrogens (primary N) is 1. The summed E-state index contributed by atoms with van der Waals surface area (Å²) in [5.41, 5.74) is 7.11. The maximum Gasteiger partial charge on any atom is 0.340 e. The van der Waals surface area contributed by atoms with E-state index in [1.54, 1.807) is 13.0 Å². The van der Waals surface area contributed by atoms with E-state index < -0.39 is 5.97 Å². The minimum Gasteiger partial charge on any atom is -0.465 e. The van der Waals surface area contributed by atoms with Gasteiger partial charge < -0.3 is 15.2 Å². The fourth-order valence-electron chi connectivity index (χ4n) is 1.78. The maximum absolute atomic E-state index is 13.2. The SMILES string of the molecule is COC(=O)c1cc(Oc2ccc(F)c(Br)c2)cc(C)c1N. The summed E-state index contributed by atoms with van der Waals surface area (Å²) in [4.78, 5) is 11.7. The fourth-order valence-corrected chi connectivity index (χ4v) is 2.14. The second kappa shape index (κ2) is 6.13. The summed E-state index contributed by atoms with van der Waals surface area (Å²) in [6.45, 7) is 1.76. The molecule has 0 unspecified atom stereocenters. The Morgan fingerprint density at radius 3 is 2.57 bits per heavy atom. The van der Waals surface area contributed by atoms with Gasteiger partial charge in [-0.1, -0.05) is 0 Å². The number of carbonyl (C=O) groups is 1. The van der Waals surface area contributed by atoms with Crippen molar-refractivity contribution in [1.82, 2.24) is 0 Å². The zero-order valence-electron chi connectivity index (χ0n) is 11.4. The third-order valence-electron chi connectivity index (χ3n) is 2.89. The molecule has 0 amide bonds. The van der Waals surface area contributed by atoms with E-state index in [4.69, 9.17) is 10.5 Å². The van der Waals surface area contributed by atoms with Crippen molar-refractivity contribution >= 4 is 27.6 Å². The standard InChI is InChI=1S/C15H13BrFNO3/c1-8-5-10(6-11(14(8)18)15(19)20-2)21-9-3-4-13(17)12(16)7-9/h3-7H,18H2,1-2H3. The monoisotopic (exact) mass is 353 g/mol. The predicted octanol–water partition coefficient (Wildman–Crippen LogP) is 4.06. The molecule has 0 atom stereocenters. The van der Waals surface area contributed by atoms with Crippen molar-refractivity contribution < 1.29 is 18.7 Å². The second-order valence-electron chi connectivity index (χ2n) is 4.37. The number of carbonyl (C=O) groups excluding carboxylic acids is 1. The quantitative estimate of drug-likeness (QED) is 0.667. The summed E-state index contributed by atoms with van der Waals surface area (Å²) in [7, 11) is 1.28. The van der Waals surface area contributed by atoms with Crippen LogP contribution < -0.4 is 10.5 Å². The van der Waals surface area contributed by atoms with Crippen molar-refractivity contribution in [3.8, 4) is 11.5 Å².